The highest BCUT2D eigenvalue weighted by Crippen LogP contribution is 2.37. The van der Waals surface area contributed by atoms with E-state index in [1.54, 1.807) is 13.0 Å². The molecule has 1 aromatic heterocycles. The molecule has 0 aliphatic carbocycles. The molecule has 0 aliphatic heterocycles. The van der Waals surface area contributed by atoms with Crippen molar-refractivity contribution in [1.82, 2.24) is 0 Å². The Morgan fingerprint density at radius 3 is 2.50 bits per heavy atom. The van der Waals surface area contributed by atoms with E-state index >= 15 is 0 Å². The van der Waals surface area contributed by atoms with Gasteiger partial charge in [-0.05, 0) is 6.92 Å². The molecule has 0 fully saturated rings. The molecule has 0 aliphatic rings. The van der Waals surface area contributed by atoms with E-state index in [0.29, 0.717) is 23.2 Å². The molecule has 6 nitrogen and oxygen atoms in total. The van der Waals surface area contributed by atoms with E-state index in [-0.39, 0.29) is 23.5 Å². The Bertz CT molecular complexity index is 655. The number of furan rings is 1. The first-order chi connectivity index (χ1) is 9.65. The van der Waals surface area contributed by atoms with Crippen LogP contribution in [0.3, 0.4) is 0 Å². The van der Waals surface area contributed by atoms with E-state index < -0.39 is 5.97 Å². The Morgan fingerprint density at radius 2 is 1.95 bits per heavy atom. The van der Waals surface area contributed by atoms with Crippen LogP contribution in [0.2, 0.25) is 0 Å². The average Bonchev–Trinajstić information content (AvgIpc) is 2.90. The molecular weight excluding hydrogens is 264 g/mol. The van der Waals surface area contributed by atoms with Crippen LogP contribution >= 0.6 is 0 Å². The standard InChI is InChI=1S/C14H14O6/c1-4-19-14(16)12-5-8-10(17-2)6-11(18-3)9(7-15)13(8)20-12/h5-7H,4H2,1-3H3. The van der Waals surface area contributed by atoms with Crippen LogP contribution < -0.4 is 9.47 Å². The minimum Gasteiger partial charge on any atom is -0.496 e. The summed E-state index contributed by atoms with van der Waals surface area (Å²) in [6.45, 7) is 1.93. The summed E-state index contributed by atoms with van der Waals surface area (Å²) >= 11 is 0. The van der Waals surface area contributed by atoms with E-state index in [1.807, 2.05) is 0 Å². The Labute approximate surface area is 115 Å². The third-order valence-corrected chi connectivity index (χ3v) is 2.80. The molecular formula is C14H14O6. The first-order valence-electron chi connectivity index (χ1n) is 5.97. The lowest BCUT2D eigenvalue weighted by molar-refractivity contribution is 0.0492. The minimum absolute atomic E-state index is 0.0107. The second kappa shape index (κ2) is 5.64. The molecule has 0 spiro atoms. The van der Waals surface area contributed by atoms with E-state index in [2.05, 4.69) is 0 Å². The van der Waals surface area contributed by atoms with Gasteiger partial charge in [-0.15, -0.1) is 0 Å². The Balaban J connectivity index is 2.70. The highest BCUT2D eigenvalue weighted by molar-refractivity contribution is 6.03. The number of carbonyl (C=O) groups excluding carboxylic acids is 2. The SMILES string of the molecule is CCOC(=O)c1cc2c(OC)cc(OC)c(C=O)c2o1. The molecule has 0 amide bonds. The van der Waals surface area contributed by atoms with Crippen LogP contribution in [-0.2, 0) is 4.74 Å². The Kier molecular flexibility index (Phi) is 3.93. The summed E-state index contributed by atoms with van der Waals surface area (Å²) in [5, 5.41) is 0.512. The minimum atomic E-state index is -0.596. The van der Waals surface area contributed by atoms with Crippen LogP contribution in [0.5, 0.6) is 11.5 Å². The molecule has 106 valence electrons. The van der Waals surface area contributed by atoms with Crippen molar-refractivity contribution in [2.45, 2.75) is 6.92 Å². The van der Waals surface area contributed by atoms with Crippen molar-refractivity contribution in [3.8, 4) is 11.5 Å². The lowest BCUT2D eigenvalue weighted by Crippen LogP contribution is -2.02. The number of methoxy groups -OCH3 is 2. The second-order valence-electron chi connectivity index (χ2n) is 3.89. The van der Waals surface area contributed by atoms with Crippen LogP contribution in [-0.4, -0.2) is 33.1 Å². The number of hydrogen-bond acceptors (Lipinski definition) is 6. The second-order valence-corrected chi connectivity index (χ2v) is 3.89. The highest BCUT2D eigenvalue weighted by atomic mass is 16.5. The molecule has 0 radical (unpaired) electrons. The van der Waals surface area contributed by atoms with Gasteiger partial charge < -0.3 is 18.6 Å². The van der Waals surface area contributed by atoms with Crippen molar-refractivity contribution in [2.24, 2.45) is 0 Å². The summed E-state index contributed by atoms with van der Waals surface area (Å²) in [7, 11) is 2.91. The largest absolute Gasteiger partial charge is 0.496 e. The maximum absolute atomic E-state index is 11.7. The van der Waals surface area contributed by atoms with Crippen molar-refractivity contribution in [3.63, 3.8) is 0 Å². The number of fused-ring (bicyclic) bond motifs is 1. The van der Waals surface area contributed by atoms with Crippen LogP contribution in [0.1, 0.15) is 27.8 Å². The average molecular weight is 278 g/mol. The molecule has 2 rings (SSSR count). The number of aldehydes is 1. The van der Waals surface area contributed by atoms with Crippen LogP contribution in [0.25, 0.3) is 11.0 Å². The molecule has 1 heterocycles. The summed E-state index contributed by atoms with van der Waals surface area (Å²) in [5.74, 6) is 0.175. The number of ether oxygens (including phenoxy) is 3. The molecule has 0 unspecified atom stereocenters. The zero-order chi connectivity index (χ0) is 14.7. The lowest BCUT2D eigenvalue weighted by Gasteiger charge is -2.07. The molecule has 20 heavy (non-hydrogen) atoms. The third-order valence-electron chi connectivity index (χ3n) is 2.80. The van der Waals surface area contributed by atoms with Gasteiger partial charge in [0.1, 0.15) is 11.5 Å². The maximum Gasteiger partial charge on any atom is 0.374 e. The smallest absolute Gasteiger partial charge is 0.374 e. The number of rotatable bonds is 5. The Morgan fingerprint density at radius 1 is 1.25 bits per heavy atom. The fourth-order valence-electron chi connectivity index (χ4n) is 1.91. The van der Waals surface area contributed by atoms with Crippen LogP contribution in [0.4, 0.5) is 0 Å². The lowest BCUT2D eigenvalue weighted by atomic mass is 10.1. The molecule has 0 N–H and O–H groups in total. The topological polar surface area (TPSA) is 75.0 Å². The van der Waals surface area contributed by atoms with E-state index in [0.717, 1.165) is 0 Å². The van der Waals surface area contributed by atoms with E-state index in [9.17, 15) is 9.59 Å². The molecule has 0 bridgehead atoms. The Hall–Kier alpha value is -2.50. The van der Waals surface area contributed by atoms with Gasteiger partial charge in [0.05, 0.1) is 31.8 Å². The fourth-order valence-corrected chi connectivity index (χ4v) is 1.91. The van der Waals surface area contributed by atoms with Gasteiger partial charge in [-0.1, -0.05) is 0 Å². The van der Waals surface area contributed by atoms with E-state index in [1.165, 1.54) is 20.3 Å². The summed E-state index contributed by atoms with van der Waals surface area (Å²) in [6.07, 6.45) is 0.610. The normalized spacial score (nSPS) is 10.3. The summed E-state index contributed by atoms with van der Waals surface area (Å²) in [4.78, 5) is 22.9. The van der Waals surface area contributed by atoms with Crippen molar-refractivity contribution in [2.75, 3.05) is 20.8 Å². The van der Waals surface area contributed by atoms with Crippen molar-refractivity contribution < 1.29 is 28.2 Å². The molecule has 0 atom stereocenters. The molecule has 0 saturated heterocycles. The number of esters is 1. The number of carbonyl (C=O) groups is 2. The quantitative estimate of drug-likeness (QED) is 0.617. The first-order valence-corrected chi connectivity index (χ1v) is 5.97. The highest BCUT2D eigenvalue weighted by Gasteiger charge is 2.21. The van der Waals surface area contributed by atoms with Crippen molar-refractivity contribution in [3.05, 3.63) is 23.5 Å². The number of benzene rings is 1. The number of hydrogen-bond donors (Lipinski definition) is 0. The summed E-state index contributed by atoms with van der Waals surface area (Å²) in [6, 6.07) is 3.05. The van der Waals surface area contributed by atoms with Crippen LogP contribution in [0, 0.1) is 0 Å². The van der Waals surface area contributed by atoms with Crippen LogP contribution in [0.15, 0.2) is 16.5 Å². The predicted octanol–water partition coefficient (Wildman–Crippen LogP) is 2.44. The predicted molar refractivity (Wildman–Crippen MR) is 70.7 cm³/mol. The van der Waals surface area contributed by atoms with Gasteiger partial charge in [-0.3, -0.25) is 4.79 Å². The molecule has 1 aromatic carbocycles. The van der Waals surface area contributed by atoms with Gasteiger partial charge in [-0.2, -0.15) is 0 Å². The fraction of sp³-hybridized carbons (Fsp3) is 0.286. The summed E-state index contributed by atoms with van der Waals surface area (Å²) in [5.41, 5.74) is 0.457. The zero-order valence-corrected chi connectivity index (χ0v) is 11.4. The van der Waals surface area contributed by atoms with Crippen molar-refractivity contribution in [1.29, 1.82) is 0 Å². The summed E-state index contributed by atoms with van der Waals surface area (Å²) < 4.78 is 20.6. The maximum atomic E-state index is 11.7. The van der Waals surface area contributed by atoms with Gasteiger partial charge in [-0.25, -0.2) is 4.79 Å². The zero-order valence-electron chi connectivity index (χ0n) is 11.4. The van der Waals surface area contributed by atoms with Gasteiger partial charge in [0, 0.05) is 12.1 Å². The first kappa shape index (κ1) is 13.9. The monoisotopic (exact) mass is 278 g/mol. The van der Waals surface area contributed by atoms with Gasteiger partial charge in [0.2, 0.25) is 5.76 Å². The molecule has 0 saturated carbocycles. The van der Waals surface area contributed by atoms with E-state index in [4.69, 9.17) is 18.6 Å². The molecule has 2 aromatic rings. The van der Waals surface area contributed by atoms with Gasteiger partial charge in [0.15, 0.2) is 11.9 Å². The van der Waals surface area contributed by atoms with Gasteiger partial charge >= 0.3 is 5.97 Å². The van der Waals surface area contributed by atoms with Gasteiger partial charge in [0.25, 0.3) is 0 Å². The third kappa shape index (κ3) is 2.20. The van der Waals surface area contributed by atoms with Crippen molar-refractivity contribution >= 4 is 23.2 Å². The molecule has 6 heteroatoms.